The highest BCUT2D eigenvalue weighted by atomic mass is 16.5. The van der Waals surface area contributed by atoms with Crippen LogP contribution in [0.25, 0.3) is 0 Å². The van der Waals surface area contributed by atoms with Gasteiger partial charge >= 0.3 is 5.97 Å². The summed E-state index contributed by atoms with van der Waals surface area (Å²) in [5, 5.41) is 3.07. The first-order chi connectivity index (χ1) is 13.2. The lowest BCUT2D eigenvalue weighted by molar-refractivity contribution is -0.131. The molecule has 2 aromatic rings. The standard InChI is InChI=1S/C21H25N3O3/c1-27-21(26)18-9-5-6-10-19(18)22-15-20(25)24-13-11-23(12-14-24)16-17-7-3-2-4-8-17/h2-10,22H,11-16H2,1H3. The molecule has 2 aromatic carbocycles. The molecular weight excluding hydrogens is 342 g/mol. The van der Waals surface area contributed by atoms with Crippen LogP contribution in [0.3, 0.4) is 0 Å². The monoisotopic (exact) mass is 367 g/mol. The second-order valence-electron chi connectivity index (χ2n) is 6.53. The molecule has 1 heterocycles. The summed E-state index contributed by atoms with van der Waals surface area (Å²) in [6.07, 6.45) is 0. The molecule has 0 aromatic heterocycles. The Morgan fingerprint density at radius 2 is 1.63 bits per heavy atom. The van der Waals surface area contributed by atoms with Gasteiger partial charge in [0.25, 0.3) is 0 Å². The lowest BCUT2D eigenvalue weighted by Crippen LogP contribution is -2.49. The Morgan fingerprint density at radius 3 is 2.33 bits per heavy atom. The fraction of sp³-hybridized carbons (Fsp3) is 0.333. The first-order valence-corrected chi connectivity index (χ1v) is 9.12. The van der Waals surface area contributed by atoms with E-state index in [9.17, 15) is 9.59 Å². The van der Waals surface area contributed by atoms with Crippen LogP contribution in [-0.2, 0) is 16.1 Å². The van der Waals surface area contributed by atoms with Crippen LogP contribution < -0.4 is 5.32 Å². The molecule has 0 saturated carbocycles. The molecule has 142 valence electrons. The fourth-order valence-electron chi connectivity index (χ4n) is 3.20. The Kier molecular flexibility index (Phi) is 6.44. The van der Waals surface area contributed by atoms with E-state index in [0.29, 0.717) is 24.3 Å². The van der Waals surface area contributed by atoms with Crippen molar-refractivity contribution in [3.63, 3.8) is 0 Å². The maximum absolute atomic E-state index is 12.5. The van der Waals surface area contributed by atoms with Crippen LogP contribution in [0.1, 0.15) is 15.9 Å². The maximum atomic E-state index is 12.5. The van der Waals surface area contributed by atoms with Gasteiger partial charge in [0.2, 0.25) is 5.91 Å². The molecule has 6 nitrogen and oxygen atoms in total. The molecule has 27 heavy (non-hydrogen) atoms. The van der Waals surface area contributed by atoms with Gasteiger partial charge in [-0.25, -0.2) is 4.79 Å². The van der Waals surface area contributed by atoms with Crippen molar-refractivity contribution in [2.24, 2.45) is 0 Å². The number of para-hydroxylation sites is 1. The van der Waals surface area contributed by atoms with Crippen molar-refractivity contribution < 1.29 is 14.3 Å². The average molecular weight is 367 g/mol. The first-order valence-electron chi connectivity index (χ1n) is 9.12. The first kappa shape index (κ1) is 18.9. The number of benzene rings is 2. The number of piperazine rings is 1. The van der Waals surface area contributed by atoms with E-state index in [-0.39, 0.29) is 12.5 Å². The van der Waals surface area contributed by atoms with Crippen LogP contribution in [-0.4, -0.2) is 61.5 Å². The molecule has 0 bridgehead atoms. The van der Waals surface area contributed by atoms with E-state index in [1.807, 2.05) is 29.2 Å². The van der Waals surface area contributed by atoms with Crippen molar-refractivity contribution in [1.82, 2.24) is 9.80 Å². The van der Waals surface area contributed by atoms with E-state index >= 15 is 0 Å². The Labute approximate surface area is 159 Å². The molecule has 0 aliphatic carbocycles. The number of hydrogen-bond donors (Lipinski definition) is 1. The largest absolute Gasteiger partial charge is 0.465 e. The lowest BCUT2D eigenvalue weighted by Gasteiger charge is -2.35. The SMILES string of the molecule is COC(=O)c1ccccc1NCC(=O)N1CCN(Cc2ccccc2)CC1. The van der Waals surface area contributed by atoms with E-state index < -0.39 is 5.97 Å². The summed E-state index contributed by atoms with van der Waals surface area (Å²) in [4.78, 5) is 28.5. The Bertz CT molecular complexity index is 771. The summed E-state index contributed by atoms with van der Waals surface area (Å²) < 4.78 is 4.78. The molecule has 0 unspecified atom stereocenters. The minimum absolute atomic E-state index is 0.0361. The van der Waals surface area contributed by atoms with Gasteiger partial charge in [0.1, 0.15) is 0 Å². The summed E-state index contributed by atoms with van der Waals surface area (Å²) in [7, 11) is 1.35. The second-order valence-corrected chi connectivity index (χ2v) is 6.53. The normalized spacial score (nSPS) is 14.6. The molecule has 1 fully saturated rings. The summed E-state index contributed by atoms with van der Waals surface area (Å²) >= 11 is 0. The number of ether oxygens (including phenoxy) is 1. The van der Waals surface area contributed by atoms with Gasteiger partial charge < -0.3 is 15.0 Å². The third kappa shape index (κ3) is 5.08. The molecule has 1 aliphatic heterocycles. The third-order valence-electron chi connectivity index (χ3n) is 4.74. The van der Waals surface area contributed by atoms with E-state index in [1.165, 1.54) is 12.7 Å². The van der Waals surface area contributed by atoms with Gasteiger partial charge in [-0.2, -0.15) is 0 Å². The van der Waals surface area contributed by atoms with E-state index in [2.05, 4.69) is 22.3 Å². The number of esters is 1. The molecule has 0 spiro atoms. The minimum Gasteiger partial charge on any atom is -0.465 e. The quantitative estimate of drug-likeness (QED) is 0.794. The van der Waals surface area contributed by atoms with Crippen molar-refractivity contribution in [3.8, 4) is 0 Å². The number of nitrogens with one attached hydrogen (secondary N) is 1. The van der Waals surface area contributed by atoms with Gasteiger partial charge in [0.05, 0.1) is 19.2 Å². The van der Waals surface area contributed by atoms with Gasteiger partial charge in [0.15, 0.2) is 0 Å². The van der Waals surface area contributed by atoms with E-state index in [1.54, 1.807) is 18.2 Å². The Morgan fingerprint density at radius 1 is 0.963 bits per heavy atom. The molecule has 1 aliphatic rings. The van der Waals surface area contributed by atoms with Crippen molar-refractivity contribution in [1.29, 1.82) is 0 Å². The summed E-state index contributed by atoms with van der Waals surface area (Å²) in [5.41, 5.74) is 2.33. The topological polar surface area (TPSA) is 61.9 Å². The lowest BCUT2D eigenvalue weighted by atomic mass is 10.1. The third-order valence-corrected chi connectivity index (χ3v) is 4.74. The van der Waals surface area contributed by atoms with Gasteiger partial charge in [-0.1, -0.05) is 42.5 Å². The molecule has 1 amide bonds. The Hall–Kier alpha value is -2.86. The highest BCUT2D eigenvalue weighted by Crippen LogP contribution is 2.16. The molecule has 6 heteroatoms. The molecule has 0 radical (unpaired) electrons. The van der Waals surface area contributed by atoms with E-state index in [0.717, 1.165) is 19.6 Å². The number of amides is 1. The van der Waals surface area contributed by atoms with Crippen LogP contribution in [0.15, 0.2) is 54.6 Å². The van der Waals surface area contributed by atoms with Crippen molar-refractivity contribution in [2.45, 2.75) is 6.54 Å². The van der Waals surface area contributed by atoms with Crippen molar-refractivity contribution in [3.05, 3.63) is 65.7 Å². The van der Waals surface area contributed by atoms with Crippen LogP contribution in [0.4, 0.5) is 5.69 Å². The number of hydrogen-bond acceptors (Lipinski definition) is 5. The highest BCUT2D eigenvalue weighted by Gasteiger charge is 2.21. The zero-order chi connectivity index (χ0) is 19.1. The summed E-state index contributed by atoms with van der Waals surface area (Å²) in [6, 6.07) is 17.4. The number of nitrogens with zero attached hydrogens (tertiary/aromatic N) is 2. The number of methoxy groups -OCH3 is 1. The molecule has 3 rings (SSSR count). The van der Waals surface area contributed by atoms with Gasteiger partial charge in [-0.15, -0.1) is 0 Å². The van der Waals surface area contributed by atoms with Crippen LogP contribution in [0.5, 0.6) is 0 Å². The number of carbonyl (C=O) groups excluding carboxylic acids is 2. The minimum atomic E-state index is -0.417. The van der Waals surface area contributed by atoms with Gasteiger partial charge in [-0.05, 0) is 17.7 Å². The maximum Gasteiger partial charge on any atom is 0.339 e. The second kappa shape index (κ2) is 9.19. The zero-order valence-corrected chi connectivity index (χ0v) is 15.6. The summed E-state index contributed by atoms with van der Waals surface area (Å²) in [5.74, 6) is -0.380. The Balaban J connectivity index is 1.48. The molecule has 1 saturated heterocycles. The van der Waals surface area contributed by atoms with Gasteiger partial charge in [0, 0.05) is 38.4 Å². The van der Waals surface area contributed by atoms with Crippen molar-refractivity contribution >= 4 is 17.6 Å². The molecule has 1 N–H and O–H groups in total. The molecule has 0 atom stereocenters. The van der Waals surface area contributed by atoms with Crippen molar-refractivity contribution in [2.75, 3.05) is 45.2 Å². The fourth-order valence-corrected chi connectivity index (χ4v) is 3.20. The number of rotatable bonds is 6. The average Bonchev–Trinajstić information content (AvgIpc) is 2.73. The van der Waals surface area contributed by atoms with Gasteiger partial charge in [-0.3, -0.25) is 9.69 Å². The zero-order valence-electron chi connectivity index (χ0n) is 15.6. The van der Waals surface area contributed by atoms with E-state index in [4.69, 9.17) is 4.74 Å². The predicted octanol–water partition coefficient (Wildman–Crippen LogP) is 2.23. The van der Waals surface area contributed by atoms with Crippen LogP contribution in [0.2, 0.25) is 0 Å². The number of anilines is 1. The predicted molar refractivity (Wildman–Crippen MR) is 105 cm³/mol. The number of carbonyl (C=O) groups is 2. The van der Waals surface area contributed by atoms with Crippen LogP contribution in [0, 0.1) is 0 Å². The van der Waals surface area contributed by atoms with Crippen LogP contribution >= 0.6 is 0 Å². The highest BCUT2D eigenvalue weighted by molar-refractivity contribution is 5.96. The molecular formula is C21H25N3O3. The smallest absolute Gasteiger partial charge is 0.339 e. The summed E-state index contributed by atoms with van der Waals surface area (Å²) in [6.45, 7) is 4.22.